The summed E-state index contributed by atoms with van der Waals surface area (Å²) in [5.74, 6) is 0.416. The van der Waals surface area contributed by atoms with Gasteiger partial charge in [0.05, 0.1) is 23.8 Å². The van der Waals surface area contributed by atoms with Gasteiger partial charge < -0.3 is 9.73 Å². The number of amides is 2. The Morgan fingerprint density at radius 2 is 2.00 bits per heavy atom. The lowest BCUT2D eigenvalue weighted by Crippen LogP contribution is -2.32. The maximum atomic E-state index is 13.0. The fraction of sp³-hybridized carbons (Fsp3) is 0.211. The van der Waals surface area contributed by atoms with Crippen LogP contribution in [-0.4, -0.2) is 43.8 Å². The van der Waals surface area contributed by atoms with Gasteiger partial charge in [-0.05, 0) is 12.1 Å². The minimum Gasteiger partial charge on any atom is -0.467 e. The Labute approximate surface area is 174 Å². The molecule has 8 nitrogen and oxygen atoms in total. The largest absolute Gasteiger partial charge is 0.467 e. The van der Waals surface area contributed by atoms with Crippen LogP contribution in [0.3, 0.4) is 0 Å². The number of furan rings is 1. The van der Waals surface area contributed by atoms with Crippen LogP contribution in [0, 0.1) is 0 Å². The lowest BCUT2D eigenvalue weighted by atomic mass is 10.1. The van der Waals surface area contributed by atoms with Crippen LogP contribution < -0.4 is 5.32 Å². The summed E-state index contributed by atoms with van der Waals surface area (Å²) in [6, 6.07) is 12.4. The van der Waals surface area contributed by atoms with Gasteiger partial charge in [0.15, 0.2) is 16.1 Å². The Kier molecular flexibility index (Phi) is 5.81. The molecule has 2 aromatic rings. The highest BCUT2D eigenvalue weighted by atomic mass is 32.2. The van der Waals surface area contributed by atoms with E-state index in [1.54, 1.807) is 36.4 Å². The second-order valence-electron chi connectivity index (χ2n) is 6.23. The van der Waals surface area contributed by atoms with Gasteiger partial charge in [0, 0.05) is 12.0 Å². The number of thioether (sulfide) groups is 2. The molecule has 2 fully saturated rings. The summed E-state index contributed by atoms with van der Waals surface area (Å²) in [7, 11) is 0. The Morgan fingerprint density at radius 3 is 2.69 bits per heavy atom. The molecule has 1 aromatic carbocycles. The van der Waals surface area contributed by atoms with Crippen LogP contribution in [0.1, 0.15) is 22.5 Å². The first kappa shape index (κ1) is 19.5. The number of hydrogen-bond donors (Lipinski definition) is 1. The number of nitrogens with one attached hydrogen (secondary N) is 1. The second-order valence-corrected chi connectivity index (χ2v) is 8.36. The van der Waals surface area contributed by atoms with Gasteiger partial charge in [0.25, 0.3) is 0 Å². The fourth-order valence-electron chi connectivity index (χ4n) is 2.80. The molecule has 1 N–H and O–H groups in total. The molecule has 0 aliphatic carbocycles. The first-order chi connectivity index (χ1) is 14.1. The van der Waals surface area contributed by atoms with Crippen molar-refractivity contribution >= 4 is 51.5 Å². The third-order valence-electron chi connectivity index (χ3n) is 4.19. The van der Waals surface area contributed by atoms with Crippen LogP contribution >= 0.6 is 23.5 Å². The maximum Gasteiger partial charge on any atom is 0.243 e. The minimum atomic E-state index is -0.595. The van der Waals surface area contributed by atoms with Crippen molar-refractivity contribution in [1.29, 1.82) is 0 Å². The van der Waals surface area contributed by atoms with Crippen molar-refractivity contribution in [2.45, 2.75) is 18.2 Å². The van der Waals surface area contributed by atoms with Crippen molar-refractivity contribution in [2.75, 3.05) is 5.75 Å². The number of carbonyl (C=O) groups is 3. The molecule has 2 aliphatic rings. The molecule has 0 spiro atoms. The lowest BCUT2D eigenvalue weighted by molar-refractivity contribution is -0.126. The molecule has 0 bridgehead atoms. The molecule has 2 aliphatic heterocycles. The number of rotatable bonds is 6. The highest BCUT2D eigenvalue weighted by Gasteiger charge is 2.40. The Hall–Kier alpha value is -2.85. The van der Waals surface area contributed by atoms with Gasteiger partial charge in [0.2, 0.25) is 11.8 Å². The number of ketones is 1. The number of carbonyl (C=O) groups excluding carboxylic acids is 3. The standard InChI is InChI=1S/C19H16N4O4S2/c24-14(12-5-2-1-3-6-12)9-15-17(26)23(10-13-7-4-8-27-13)19(29-15)22-21-18-20-16(25)11-28-18/h1-8,15H,9-11H2,(H,20,21,25). The molecule has 2 amide bonds. The van der Waals surface area contributed by atoms with E-state index in [-0.39, 0.29) is 30.6 Å². The molecule has 4 rings (SSSR count). The number of nitrogens with zero attached hydrogens (tertiary/aromatic N) is 3. The van der Waals surface area contributed by atoms with Crippen LogP contribution in [0.15, 0.2) is 63.3 Å². The molecule has 0 saturated carbocycles. The fourth-order valence-corrected chi connectivity index (χ4v) is 4.51. The monoisotopic (exact) mass is 428 g/mol. The number of hydrogen-bond acceptors (Lipinski definition) is 8. The van der Waals surface area contributed by atoms with Crippen molar-refractivity contribution in [3.8, 4) is 0 Å². The van der Waals surface area contributed by atoms with E-state index < -0.39 is 5.25 Å². The lowest BCUT2D eigenvalue weighted by Gasteiger charge is -2.14. The van der Waals surface area contributed by atoms with Gasteiger partial charge in [-0.1, -0.05) is 53.9 Å². The zero-order valence-electron chi connectivity index (χ0n) is 15.1. The third-order valence-corrected chi connectivity index (χ3v) is 6.22. The summed E-state index contributed by atoms with van der Waals surface area (Å²) in [6.07, 6.45) is 1.59. The number of Topliss-reactive ketones (excluding diaryl/α,β-unsaturated/α-hetero) is 1. The summed E-state index contributed by atoms with van der Waals surface area (Å²) in [4.78, 5) is 38.3. The van der Waals surface area contributed by atoms with Crippen molar-refractivity contribution < 1.29 is 18.8 Å². The predicted molar refractivity (Wildman–Crippen MR) is 111 cm³/mol. The van der Waals surface area contributed by atoms with Gasteiger partial charge >= 0.3 is 0 Å². The summed E-state index contributed by atoms with van der Waals surface area (Å²) < 4.78 is 5.35. The highest BCUT2D eigenvalue weighted by Crippen LogP contribution is 2.32. The number of amidine groups is 2. The number of benzene rings is 1. The van der Waals surface area contributed by atoms with Gasteiger partial charge in [-0.15, -0.1) is 10.2 Å². The Bertz CT molecular complexity index is 989. The molecular formula is C19H16N4O4S2. The van der Waals surface area contributed by atoms with E-state index >= 15 is 0 Å². The average molecular weight is 428 g/mol. The van der Waals surface area contributed by atoms with Crippen LogP contribution in [0.5, 0.6) is 0 Å². The predicted octanol–water partition coefficient (Wildman–Crippen LogP) is 2.49. The van der Waals surface area contributed by atoms with Gasteiger partial charge in [-0.2, -0.15) is 0 Å². The molecule has 1 unspecified atom stereocenters. The molecule has 3 heterocycles. The molecule has 10 heteroatoms. The summed E-state index contributed by atoms with van der Waals surface area (Å²) in [5.41, 5.74) is 0.564. The van der Waals surface area contributed by atoms with Crippen molar-refractivity contribution in [3.63, 3.8) is 0 Å². The minimum absolute atomic E-state index is 0.0588. The molecular weight excluding hydrogens is 412 g/mol. The van der Waals surface area contributed by atoms with E-state index in [9.17, 15) is 14.4 Å². The van der Waals surface area contributed by atoms with Gasteiger partial charge in [0.1, 0.15) is 5.76 Å². The van der Waals surface area contributed by atoms with E-state index in [0.717, 1.165) is 0 Å². The highest BCUT2D eigenvalue weighted by molar-refractivity contribution is 8.15. The quantitative estimate of drug-likeness (QED) is 0.560. The van der Waals surface area contributed by atoms with Crippen molar-refractivity contribution in [3.05, 3.63) is 60.1 Å². The molecule has 2 saturated heterocycles. The topological polar surface area (TPSA) is 104 Å². The van der Waals surface area contributed by atoms with Crippen LogP contribution in [0.25, 0.3) is 0 Å². The van der Waals surface area contributed by atoms with E-state index in [4.69, 9.17) is 4.42 Å². The first-order valence-corrected chi connectivity index (χ1v) is 10.6. The van der Waals surface area contributed by atoms with E-state index in [0.29, 0.717) is 27.4 Å². The van der Waals surface area contributed by atoms with Crippen molar-refractivity contribution in [1.82, 2.24) is 10.2 Å². The zero-order valence-corrected chi connectivity index (χ0v) is 16.7. The van der Waals surface area contributed by atoms with Crippen LogP contribution in [-0.2, 0) is 16.1 Å². The smallest absolute Gasteiger partial charge is 0.243 e. The molecule has 1 atom stereocenters. The van der Waals surface area contributed by atoms with E-state index in [1.807, 2.05) is 6.07 Å². The molecule has 148 valence electrons. The average Bonchev–Trinajstić information content (AvgIpc) is 3.45. The van der Waals surface area contributed by atoms with E-state index in [1.165, 1.54) is 34.7 Å². The molecule has 1 aromatic heterocycles. The maximum absolute atomic E-state index is 13.0. The molecule has 0 radical (unpaired) electrons. The second kappa shape index (κ2) is 8.66. The summed E-state index contributed by atoms with van der Waals surface area (Å²) in [6.45, 7) is 0.193. The Morgan fingerprint density at radius 1 is 1.17 bits per heavy atom. The first-order valence-electron chi connectivity index (χ1n) is 8.77. The normalized spacial score (nSPS) is 21.9. The zero-order chi connectivity index (χ0) is 20.2. The summed E-state index contributed by atoms with van der Waals surface area (Å²) in [5, 5.41) is 11.0. The summed E-state index contributed by atoms with van der Waals surface area (Å²) >= 11 is 2.44. The van der Waals surface area contributed by atoms with E-state index in [2.05, 4.69) is 15.5 Å². The van der Waals surface area contributed by atoms with Crippen molar-refractivity contribution in [2.24, 2.45) is 10.2 Å². The van der Waals surface area contributed by atoms with Gasteiger partial charge in [-0.25, -0.2) is 0 Å². The SMILES string of the molecule is O=C1CSC(=NN=C2SC(CC(=O)c3ccccc3)C(=O)N2Cc2ccco2)N1. The van der Waals surface area contributed by atoms with Crippen LogP contribution in [0.4, 0.5) is 0 Å². The van der Waals surface area contributed by atoms with Gasteiger partial charge in [-0.3, -0.25) is 19.3 Å². The molecule has 29 heavy (non-hydrogen) atoms. The van der Waals surface area contributed by atoms with Crippen LogP contribution in [0.2, 0.25) is 0 Å². The Balaban J connectivity index is 1.54. The third kappa shape index (κ3) is 4.60.